The Morgan fingerprint density at radius 2 is 2.25 bits per heavy atom. The van der Waals surface area contributed by atoms with E-state index in [4.69, 9.17) is 5.11 Å². The number of aromatic nitrogens is 3. The number of rotatable bonds is 5. The quantitative estimate of drug-likeness (QED) is 0.685. The lowest BCUT2D eigenvalue weighted by Gasteiger charge is -2.13. The molecule has 2 rings (SSSR count). The van der Waals surface area contributed by atoms with Gasteiger partial charge in [0.05, 0.1) is 6.33 Å². The predicted molar refractivity (Wildman–Crippen MR) is 65.4 cm³/mol. The van der Waals surface area contributed by atoms with Crippen LogP contribution in [0.15, 0.2) is 30.7 Å². The van der Waals surface area contributed by atoms with Gasteiger partial charge in [-0.05, 0) is 12.1 Å². The lowest BCUT2D eigenvalue weighted by Crippen LogP contribution is -2.42. The van der Waals surface area contributed by atoms with Crippen molar-refractivity contribution in [3.63, 3.8) is 0 Å². The van der Waals surface area contributed by atoms with Crippen LogP contribution in [0.25, 0.3) is 0 Å². The number of carbonyl (C=O) groups excluding carboxylic acids is 1. The minimum Gasteiger partial charge on any atom is -0.480 e. The average molecular weight is 278 g/mol. The largest absolute Gasteiger partial charge is 0.480 e. The number of imidazole rings is 1. The third kappa shape index (κ3) is 3.37. The topological polar surface area (TPSA) is 108 Å². The standard InChI is InChI=1S/C12H11FN4O3/c13-10-3-1-2-8(16-10)11(18)17-9(12(19)20)4-7-5-14-6-15-7/h1-3,5-6,9H,4H2,(H,14,15)(H,17,18)(H,19,20)/t9-/m1/s1. The van der Waals surface area contributed by atoms with Gasteiger partial charge in [0.1, 0.15) is 11.7 Å². The van der Waals surface area contributed by atoms with Crippen LogP contribution in [-0.2, 0) is 11.2 Å². The summed E-state index contributed by atoms with van der Waals surface area (Å²) in [5.74, 6) is -2.76. The van der Waals surface area contributed by atoms with Gasteiger partial charge >= 0.3 is 5.97 Å². The van der Waals surface area contributed by atoms with Crippen molar-refractivity contribution < 1.29 is 19.1 Å². The van der Waals surface area contributed by atoms with E-state index in [1.54, 1.807) is 0 Å². The van der Waals surface area contributed by atoms with Gasteiger partial charge in [0, 0.05) is 18.3 Å². The Kier molecular flexibility index (Phi) is 4.04. The van der Waals surface area contributed by atoms with Crippen molar-refractivity contribution in [1.29, 1.82) is 0 Å². The van der Waals surface area contributed by atoms with Gasteiger partial charge in [0.25, 0.3) is 5.91 Å². The van der Waals surface area contributed by atoms with Crippen LogP contribution < -0.4 is 5.32 Å². The number of carboxylic acid groups (broad SMARTS) is 1. The molecule has 2 aromatic heterocycles. The maximum absolute atomic E-state index is 12.9. The molecular formula is C12H11FN4O3. The van der Waals surface area contributed by atoms with E-state index in [1.807, 2.05) is 0 Å². The lowest BCUT2D eigenvalue weighted by molar-refractivity contribution is -0.139. The van der Waals surface area contributed by atoms with Gasteiger partial charge in [-0.3, -0.25) is 4.79 Å². The van der Waals surface area contributed by atoms with Crippen molar-refractivity contribution in [3.8, 4) is 0 Å². The summed E-state index contributed by atoms with van der Waals surface area (Å²) in [5, 5.41) is 11.4. The van der Waals surface area contributed by atoms with Crippen LogP contribution in [0.3, 0.4) is 0 Å². The fourth-order valence-electron chi connectivity index (χ4n) is 1.58. The number of carboxylic acids is 1. The van der Waals surface area contributed by atoms with Gasteiger partial charge < -0.3 is 15.4 Å². The Morgan fingerprint density at radius 3 is 2.85 bits per heavy atom. The van der Waals surface area contributed by atoms with Crippen LogP contribution >= 0.6 is 0 Å². The third-order valence-corrected chi connectivity index (χ3v) is 2.53. The van der Waals surface area contributed by atoms with Gasteiger partial charge in [-0.15, -0.1) is 0 Å². The minimum absolute atomic E-state index is 0.0381. The number of pyridine rings is 1. The average Bonchev–Trinajstić information content (AvgIpc) is 2.90. The van der Waals surface area contributed by atoms with Crippen LogP contribution in [0.1, 0.15) is 16.2 Å². The van der Waals surface area contributed by atoms with E-state index >= 15 is 0 Å². The van der Waals surface area contributed by atoms with Gasteiger partial charge in [0.2, 0.25) is 5.95 Å². The number of H-pyrrole nitrogens is 1. The van der Waals surface area contributed by atoms with Crippen LogP contribution in [0, 0.1) is 5.95 Å². The van der Waals surface area contributed by atoms with Crippen molar-refractivity contribution in [1.82, 2.24) is 20.3 Å². The van der Waals surface area contributed by atoms with Crippen LogP contribution in [0.4, 0.5) is 4.39 Å². The Hall–Kier alpha value is -2.77. The minimum atomic E-state index is -1.20. The van der Waals surface area contributed by atoms with E-state index in [2.05, 4.69) is 20.3 Å². The first-order chi connectivity index (χ1) is 9.56. The summed E-state index contributed by atoms with van der Waals surface area (Å²) in [5.41, 5.74) is 0.380. The molecule has 0 aliphatic carbocycles. The summed E-state index contributed by atoms with van der Waals surface area (Å²) in [6, 6.07) is 2.55. The zero-order chi connectivity index (χ0) is 14.5. The molecule has 2 aromatic rings. The zero-order valence-electron chi connectivity index (χ0n) is 10.2. The Balaban J connectivity index is 2.08. The Labute approximate surface area is 112 Å². The predicted octanol–water partition coefficient (Wildman–Crippen LogP) is 0.369. The number of hydrogen-bond acceptors (Lipinski definition) is 4. The highest BCUT2D eigenvalue weighted by Gasteiger charge is 2.22. The van der Waals surface area contributed by atoms with Gasteiger partial charge in [0.15, 0.2) is 0 Å². The highest BCUT2D eigenvalue weighted by Crippen LogP contribution is 2.02. The molecule has 3 N–H and O–H groups in total. The molecule has 0 aliphatic heterocycles. The van der Waals surface area contributed by atoms with E-state index in [1.165, 1.54) is 24.7 Å². The SMILES string of the molecule is O=C(N[C@H](Cc1cnc[nH]1)C(=O)O)c1cccc(F)n1. The van der Waals surface area contributed by atoms with Crippen molar-refractivity contribution in [2.24, 2.45) is 0 Å². The molecule has 0 fully saturated rings. The van der Waals surface area contributed by atoms with Crippen LogP contribution in [-0.4, -0.2) is 38.0 Å². The molecule has 0 radical (unpaired) electrons. The second-order valence-electron chi connectivity index (χ2n) is 3.99. The molecule has 8 heteroatoms. The molecule has 7 nitrogen and oxygen atoms in total. The van der Waals surface area contributed by atoms with E-state index in [-0.39, 0.29) is 12.1 Å². The molecule has 0 aliphatic rings. The van der Waals surface area contributed by atoms with Crippen molar-refractivity contribution in [2.75, 3.05) is 0 Å². The molecule has 104 valence electrons. The van der Waals surface area contributed by atoms with Crippen molar-refractivity contribution in [2.45, 2.75) is 12.5 Å². The molecule has 20 heavy (non-hydrogen) atoms. The maximum Gasteiger partial charge on any atom is 0.326 e. The number of halogens is 1. The fourth-order valence-corrected chi connectivity index (χ4v) is 1.58. The van der Waals surface area contributed by atoms with Crippen LogP contribution in [0.5, 0.6) is 0 Å². The number of hydrogen-bond donors (Lipinski definition) is 3. The highest BCUT2D eigenvalue weighted by atomic mass is 19.1. The Bertz CT molecular complexity index is 615. The molecule has 0 aromatic carbocycles. The molecule has 0 spiro atoms. The third-order valence-electron chi connectivity index (χ3n) is 2.53. The molecule has 0 bridgehead atoms. The monoisotopic (exact) mass is 278 g/mol. The first kappa shape index (κ1) is 13.7. The molecule has 0 saturated heterocycles. The van der Waals surface area contributed by atoms with Gasteiger partial charge in [-0.25, -0.2) is 14.8 Å². The molecule has 1 atom stereocenters. The summed E-state index contributed by atoms with van der Waals surface area (Å²) in [6.45, 7) is 0. The van der Waals surface area contributed by atoms with Gasteiger partial charge in [-0.1, -0.05) is 6.07 Å². The zero-order valence-corrected chi connectivity index (χ0v) is 10.2. The molecule has 0 unspecified atom stereocenters. The summed E-state index contributed by atoms with van der Waals surface area (Å²) < 4.78 is 12.9. The van der Waals surface area contributed by atoms with Gasteiger partial charge in [-0.2, -0.15) is 4.39 Å². The van der Waals surface area contributed by atoms with E-state index in [0.29, 0.717) is 5.69 Å². The summed E-state index contributed by atoms with van der Waals surface area (Å²) in [4.78, 5) is 32.8. The van der Waals surface area contributed by atoms with Crippen LogP contribution in [0.2, 0.25) is 0 Å². The second-order valence-corrected chi connectivity index (χ2v) is 3.99. The number of nitrogens with one attached hydrogen (secondary N) is 2. The Morgan fingerprint density at radius 1 is 1.45 bits per heavy atom. The highest BCUT2D eigenvalue weighted by molar-refractivity contribution is 5.94. The number of carbonyl (C=O) groups is 2. The molecule has 0 saturated carbocycles. The van der Waals surface area contributed by atoms with Crippen molar-refractivity contribution >= 4 is 11.9 Å². The fraction of sp³-hybridized carbons (Fsp3) is 0.167. The molecule has 1 amide bonds. The normalized spacial score (nSPS) is 11.8. The van der Waals surface area contributed by atoms with E-state index < -0.39 is 23.9 Å². The summed E-state index contributed by atoms with van der Waals surface area (Å²) >= 11 is 0. The first-order valence-electron chi connectivity index (χ1n) is 5.69. The summed E-state index contributed by atoms with van der Waals surface area (Å²) in [7, 11) is 0. The van der Waals surface area contributed by atoms with E-state index in [9.17, 15) is 14.0 Å². The number of amides is 1. The lowest BCUT2D eigenvalue weighted by atomic mass is 10.1. The summed E-state index contributed by atoms with van der Waals surface area (Å²) in [6.07, 6.45) is 2.91. The smallest absolute Gasteiger partial charge is 0.326 e. The second kappa shape index (κ2) is 5.91. The number of aromatic amines is 1. The number of aliphatic carboxylic acids is 1. The number of nitrogens with zero attached hydrogens (tertiary/aromatic N) is 2. The van der Waals surface area contributed by atoms with Crippen molar-refractivity contribution in [3.05, 3.63) is 48.1 Å². The maximum atomic E-state index is 12.9. The first-order valence-corrected chi connectivity index (χ1v) is 5.69. The molecule has 2 heterocycles. The van der Waals surface area contributed by atoms with E-state index in [0.717, 1.165) is 6.07 Å². The molecular weight excluding hydrogens is 267 g/mol.